The van der Waals surface area contributed by atoms with Crippen molar-refractivity contribution in [2.45, 2.75) is 35.0 Å². The first-order valence-corrected chi connectivity index (χ1v) is 7.99. The monoisotopic (exact) mass is 308 g/mol. The minimum atomic E-state index is -0.449. The van der Waals surface area contributed by atoms with Gasteiger partial charge in [0.05, 0.1) is 6.04 Å². The van der Waals surface area contributed by atoms with Crippen LogP contribution in [0.1, 0.15) is 19.8 Å². The van der Waals surface area contributed by atoms with Gasteiger partial charge in [-0.25, -0.2) is 0 Å². The van der Waals surface area contributed by atoms with E-state index in [1.165, 1.54) is 11.3 Å². The van der Waals surface area contributed by atoms with Gasteiger partial charge in [0.25, 0.3) is 0 Å². The maximum absolute atomic E-state index is 11.8. The van der Waals surface area contributed by atoms with Crippen molar-refractivity contribution in [1.29, 1.82) is 0 Å². The maximum atomic E-state index is 11.8. The minimum absolute atomic E-state index is 0.142. The van der Waals surface area contributed by atoms with Crippen molar-refractivity contribution < 1.29 is 4.79 Å². The Morgan fingerprint density at radius 1 is 1.45 bits per heavy atom. The lowest BCUT2D eigenvalue weighted by molar-refractivity contribution is -0.117. The molecule has 1 aromatic heterocycles. The summed E-state index contributed by atoms with van der Waals surface area (Å²) in [4.78, 5) is 12.8. The normalized spacial score (nSPS) is 12.1. The Balaban J connectivity index is 1.93. The van der Waals surface area contributed by atoms with Crippen molar-refractivity contribution in [1.82, 2.24) is 10.2 Å². The second-order valence-electron chi connectivity index (χ2n) is 4.22. The lowest BCUT2D eigenvalue weighted by Crippen LogP contribution is -2.35. The van der Waals surface area contributed by atoms with E-state index in [-0.39, 0.29) is 5.91 Å². The number of carbonyl (C=O) groups excluding carboxylic acids is 1. The van der Waals surface area contributed by atoms with E-state index in [2.05, 4.69) is 15.5 Å². The molecule has 0 radical (unpaired) electrons. The summed E-state index contributed by atoms with van der Waals surface area (Å²) in [5.41, 5.74) is 8.22. The number of aromatic nitrogens is 2. The number of hydrogen-bond acceptors (Lipinski definition) is 6. The van der Waals surface area contributed by atoms with Crippen LogP contribution in [0.5, 0.6) is 0 Å². The molecular formula is C13H16N4OS2. The quantitative estimate of drug-likeness (QED) is 0.857. The summed E-state index contributed by atoms with van der Waals surface area (Å²) in [5, 5.41) is 10.6. The van der Waals surface area contributed by atoms with Crippen LogP contribution < -0.4 is 11.1 Å². The molecule has 1 atom stereocenters. The van der Waals surface area contributed by atoms with Gasteiger partial charge in [0.2, 0.25) is 5.91 Å². The van der Waals surface area contributed by atoms with Gasteiger partial charge < -0.3 is 11.1 Å². The van der Waals surface area contributed by atoms with Crippen LogP contribution in [0.15, 0.2) is 39.0 Å². The number of rotatable bonds is 6. The molecule has 0 spiro atoms. The average Bonchev–Trinajstić information content (AvgIpc) is 2.94. The number of nitrogens with two attached hydrogens (primary N) is 1. The van der Waals surface area contributed by atoms with Crippen molar-refractivity contribution in [2.75, 3.05) is 5.32 Å². The van der Waals surface area contributed by atoms with Crippen molar-refractivity contribution in [3.63, 3.8) is 0 Å². The summed E-state index contributed by atoms with van der Waals surface area (Å²) >= 11 is 3.04. The Bertz CT molecular complexity index is 542. The Labute approximate surface area is 126 Å². The molecule has 20 heavy (non-hydrogen) atoms. The molecule has 1 heterocycles. The fraction of sp³-hybridized carbons (Fsp3) is 0.308. The summed E-state index contributed by atoms with van der Waals surface area (Å²) in [7, 11) is 0. The summed E-state index contributed by atoms with van der Waals surface area (Å²) in [5.74, 6) is -0.142. The largest absolute Gasteiger partial charge is 0.325 e. The fourth-order valence-corrected chi connectivity index (χ4v) is 3.04. The van der Waals surface area contributed by atoms with E-state index in [9.17, 15) is 4.79 Å². The second kappa shape index (κ2) is 7.37. The third-order valence-electron chi connectivity index (χ3n) is 2.60. The van der Waals surface area contributed by atoms with Gasteiger partial charge in [-0.2, -0.15) is 0 Å². The van der Waals surface area contributed by atoms with E-state index < -0.39 is 6.04 Å². The molecule has 0 aliphatic heterocycles. The fourth-order valence-electron chi connectivity index (χ4n) is 1.59. The van der Waals surface area contributed by atoms with Gasteiger partial charge in [-0.1, -0.05) is 36.4 Å². The first-order valence-electron chi connectivity index (χ1n) is 6.29. The van der Waals surface area contributed by atoms with Crippen LogP contribution >= 0.6 is 23.1 Å². The molecule has 2 rings (SSSR count). The first-order chi connectivity index (χ1) is 9.69. The molecule has 0 saturated carbocycles. The Kier molecular flexibility index (Phi) is 5.51. The lowest BCUT2D eigenvalue weighted by atomic mass is 10.1. The predicted octanol–water partition coefficient (Wildman–Crippen LogP) is 2.76. The molecule has 2 aromatic rings. The standard InChI is InChI=1S/C13H16N4OS2/c1-2-3-11(14)12(18)16-9-4-6-10(7-5-9)20-13-17-15-8-19-13/h4-8,11H,2-3,14H2,1H3,(H,16,18). The molecule has 0 fully saturated rings. The Morgan fingerprint density at radius 3 is 2.80 bits per heavy atom. The Morgan fingerprint density at radius 2 is 2.20 bits per heavy atom. The summed E-state index contributed by atoms with van der Waals surface area (Å²) in [6.45, 7) is 2.01. The molecular weight excluding hydrogens is 292 g/mol. The van der Waals surface area contributed by atoms with E-state index in [1.807, 2.05) is 31.2 Å². The molecule has 7 heteroatoms. The van der Waals surface area contributed by atoms with E-state index in [4.69, 9.17) is 5.73 Å². The molecule has 0 aliphatic rings. The molecule has 106 valence electrons. The molecule has 1 amide bonds. The first kappa shape index (κ1) is 15.0. The van der Waals surface area contributed by atoms with E-state index in [1.54, 1.807) is 17.3 Å². The van der Waals surface area contributed by atoms with Gasteiger partial charge in [0.1, 0.15) is 5.51 Å². The second-order valence-corrected chi connectivity index (χ2v) is 6.37. The zero-order chi connectivity index (χ0) is 14.4. The van der Waals surface area contributed by atoms with Crippen molar-refractivity contribution in [3.8, 4) is 0 Å². The SMILES string of the molecule is CCCC(N)C(=O)Nc1ccc(Sc2nncs2)cc1. The van der Waals surface area contributed by atoms with Crippen LogP contribution in [0, 0.1) is 0 Å². The van der Waals surface area contributed by atoms with Gasteiger partial charge >= 0.3 is 0 Å². The number of benzene rings is 1. The van der Waals surface area contributed by atoms with Crippen LogP contribution in [-0.2, 0) is 4.79 Å². The molecule has 3 N–H and O–H groups in total. The summed E-state index contributed by atoms with van der Waals surface area (Å²) in [6, 6.07) is 7.15. The van der Waals surface area contributed by atoms with Crippen LogP contribution in [0.2, 0.25) is 0 Å². The average molecular weight is 308 g/mol. The molecule has 5 nitrogen and oxygen atoms in total. The van der Waals surface area contributed by atoms with Gasteiger partial charge in [-0.05, 0) is 30.7 Å². The van der Waals surface area contributed by atoms with Crippen LogP contribution in [-0.4, -0.2) is 22.1 Å². The van der Waals surface area contributed by atoms with Crippen LogP contribution in [0.3, 0.4) is 0 Å². The lowest BCUT2D eigenvalue weighted by Gasteiger charge is -2.11. The van der Waals surface area contributed by atoms with Crippen molar-refractivity contribution >= 4 is 34.7 Å². The van der Waals surface area contributed by atoms with E-state index in [0.717, 1.165) is 21.3 Å². The zero-order valence-electron chi connectivity index (χ0n) is 11.1. The number of nitrogens with zero attached hydrogens (tertiary/aromatic N) is 2. The highest BCUT2D eigenvalue weighted by molar-refractivity contribution is 8.01. The number of hydrogen-bond donors (Lipinski definition) is 2. The predicted molar refractivity (Wildman–Crippen MR) is 82.0 cm³/mol. The molecule has 1 unspecified atom stereocenters. The molecule has 1 aromatic carbocycles. The summed E-state index contributed by atoms with van der Waals surface area (Å²) in [6.07, 6.45) is 1.59. The number of anilines is 1. The molecule has 0 bridgehead atoms. The number of nitrogens with one attached hydrogen (secondary N) is 1. The minimum Gasteiger partial charge on any atom is -0.325 e. The highest BCUT2D eigenvalue weighted by atomic mass is 32.2. The van der Waals surface area contributed by atoms with Crippen LogP contribution in [0.25, 0.3) is 0 Å². The van der Waals surface area contributed by atoms with Crippen molar-refractivity contribution in [2.24, 2.45) is 5.73 Å². The third kappa shape index (κ3) is 4.29. The highest BCUT2D eigenvalue weighted by Gasteiger charge is 2.12. The van der Waals surface area contributed by atoms with E-state index in [0.29, 0.717) is 6.42 Å². The van der Waals surface area contributed by atoms with Gasteiger partial charge in [0, 0.05) is 10.6 Å². The maximum Gasteiger partial charge on any atom is 0.241 e. The van der Waals surface area contributed by atoms with Crippen molar-refractivity contribution in [3.05, 3.63) is 29.8 Å². The van der Waals surface area contributed by atoms with Gasteiger partial charge in [0.15, 0.2) is 4.34 Å². The van der Waals surface area contributed by atoms with E-state index >= 15 is 0 Å². The molecule has 0 saturated heterocycles. The topological polar surface area (TPSA) is 80.9 Å². The highest BCUT2D eigenvalue weighted by Crippen LogP contribution is 2.29. The molecule has 0 aliphatic carbocycles. The zero-order valence-corrected chi connectivity index (χ0v) is 12.7. The number of amides is 1. The smallest absolute Gasteiger partial charge is 0.241 e. The third-order valence-corrected chi connectivity index (χ3v) is 4.39. The van der Waals surface area contributed by atoms with Gasteiger partial charge in [-0.15, -0.1) is 10.2 Å². The number of carbonyl (C=O) groups is 1. The Hall–Kier alpha value is -1.44. The van der Waals surface area contributed by atoms with Gasteiger partial charge in [-0.3, -0.25) is 4.79 Å². The summed E-state index contributed by atoms with van der Waals surface area (Å²) < 4.78 is 0.895. The van der Waals surface area contributed by atoms with Crippen LogP contribution in [0.4, 0.5) is 5.69 Å².